The number of aliphatic hydroxyl groups excluding tert-OH is 1. The first kappa shape index (κ1) is 17.9. The third-order valence-electron chi connectivity index (χ3n) is 5.34. The molecule has 25 heavy (non-hydrogen) atoms. The lowest BCUT2D eigenvalue weighted by Crippen LogP contribution is -2.47. The summed E-state index contributed by atoms with van der Waals surface area (Å²) < 4.78 is 0. The van der Waals surface area contributed by atoms with E-state index >= 15 is 0 Å². The summed E-state index contributed by atoms with van der Waals surface area (Å²) in [6.07, 6.45) is 5.68. The highest BCUT2D eigenvalue weighted by atomic mass is 16.3. The first-order chi connectivity index (χ1) is 12.1. The van der Waals surface area contributed by atoms with Gasteiger partial charge in [0.25, 0.3) is 5.91 Å². The molecule has 1 fully saturated rings. The molecule has 4 N–H and O–H groups in total. The van der Waals surface area contributed by atoms with E-state index in [1.165, 1.54) is 19.3 Å². The average Bonchev–Trinajstić information content (AvgIpc) is 2.66. The molecule has 1 aliphatic carbocycles. The van der Waals surface area contributed by atoms with Crippen LogP contribution in [0.1, 0.15) is 44.1 Å². The van der Waals surface area contributed by atoms with E-state index in [1.807, 2.05) is 30.3 Å². The minimum absolute atomic E-state index is 0.378. The Bertz CT molecular complexity index is 705. The SMILES string of the molecule is N[C@H](CC1CCCCC1)C(O)C(=O)NCc1cccc2ccccc12. The van der Waals surface area contributed by atoms with E-state index in [0.29, 0.717) is 12.5 Å². The number of benzene rings is 2. The minimum atomic E-state index is -1.14. The smallest absolute Gasteiger partial charge is 0.250 e. The summed E-state index contributed by atoms with van der Waals surface area (Å²) >= 11 is 0. The van der Waals surface area contributed by atoms with Gasteiger partial charge in [-0.3, -0.25) is 4.79 Å². The van der Waals surface area contributed by atoms with Gasteiger partial charge in [-0.05, 0) is 28.7 Å². The number of amides is 1. The van der Waals surface area contributed by atoms with Gasteiger partial charge in [0, 0.05) is 12.6 Å². The molecule has 0 radical (unpaired) electrons. The number of aliphatic hydroxyl groups is 1. The second kappa shape index (κ2) is 8.45. The predicted octanol–water partition coefficient (Wildman–Crippen LogP) is 3.11. The van der Waals surface area contributed by atoms with Gasteiger partial charge in [0.2, 0.25) is 0 Å². The van der Waals surface area contributed by atoms with Crippen molar-refractivity contribution < 1.29 is 9.90 Å². The van der Waals surface area contributed by atoms with Crippen molar-refractivity contribution in [3.05, 3.63) is 48.0 Å². The maximum Gasteiger partial charge on any atom is 0.250 e. The van der Waals surface area contributed by atoms with Crippen LogP contribution in [0.15, 0.2) is 42.5 Å². The van der Waals surface area contributed by atoms with Crippen molar-refractivity contribution >= 4 is 16.7 Å². The quantitative estimate of drug-likeness (QED) is 0.756. The molecule has 0 spiro atoms. The number of hydrogen-bond acceptors (Lipinski definition) is 3. The molecular weight excluding hydrogens is 312 g/mol. The molecule has 0 aromatic heterocycles. The van der Waals surface area contributed by atoms with E-state index < -0.39 is 12.1 Å². The van der Waals surface area contributed by atoms with Crippen LogP contribution in [0.3, 0.4) is 0 Å². The summed E-state index contributed by atoms with van der Waals surface area (Å²) in [7, 11) is 0. The van der Waals surface area contributed by atoms with Gasteiger partial charge in [0.05, 0.1) is 0 Å². The number of hydrogen-bond donors (Lipinski definition) is 3. The molecule has 0 bridgehead atoms. The van der Waals surface area contributed by atoms with Crippen molar-refractivity contribution in [1.29, 1.82) is 0 Å². The van der Waals surface area contributed by atoms with Crippen LogP contribution in [-0.2, 0) is 11.3 Å². The van der Waals surface area contributed by atoms with Crippen molar-refractivity contribution in [1.82, 2.24) is 5.32 Å². The Morgan fingerprint density at radius 2 is 1.84 bits per heavy atom. The zero-order valence-electron chi connectivity index (χ0n) is 14.7. The molecule has 3 rings (SSSR count). The van der Waals surface area contributed by atoms with Gasteiger partial charge in [-0.15, -0.1) is 0 Å². The van der Waals surface area contributed by atoms with Crippen LogP contribution < -0.4 is 11.1 Å². The lowest BCUT2D eigenvalue weighted by Gasteiger charge is -2.26. The normalized spacial score (nSPS) is 18.0. The third kappa shape index (κ3) is 4.59. The van der Waals surface area contributed by atoms with Crippen LogP contribution in [0, 0.1) is 5.92 Å². The zero-order chi connectivity index (χ0) is 17.6. The molecule has 2 atom stereocenters. The minimum Gasteiger partial charge on any atom is -0.382 e. The Morgan fingerprint density at radius 3 is 2.64 bits per heavy atom. The molecule has 1 amide bonds. The molecule has 2 aromatic carbocycles. The highest BCUT2D eigenvalue weighted by molar-refractivity contribution is 5.86. The van der Waals surface area contributed by atoms with Crippen LogP contribution >= 0.6 is 0 Å². The largest absolute Gasteiger partial charge is 0.382 e. The van der Waals surface area contributed by atoms with E-state index in [4.69, 9.17) is 5.73 Å². The van der Waals surface area contributed by atoms with Gasteiger partial charge in [-0.1, -0.05) is 74.6 Å². The topological polar surface area (TPSA) is 75.3 Å². The third-order valence-corrected chi connectivity index (χ3v) is 5.34. The van der Waals surface area contributed by atoms with Crippen LogP contribution in [-0.4, -0.2) is 23.2 Å². The highest BCUT2D eigenvalue weighted by Crippen LogP contribution is 2.27. The van der Waals surface area contributed by atoms with E-state index in [2.05, 4.69) is 17.4 Å². The molecule has 0 saturated heterocycles. The molecule has 0 aliphatic heterocycles. The van der Waals surface area contributed by atoms with Crippen molar-refractivity contribution in [2.24, 2.45) is 11.7 Å². The second-order valence-corrected chi connectivity index (χ2v) is 7.20. The van der Waals surface area contributed by atoms with Crippen LogP contribution in [0.5, 0.6) is 0 Å². The van der Waals surface area contributed by atoms with Gasteiger partial charge in [-0.2, -0.15) is 0 Å². The maximum atomic E-state index is 12.3. The van der Waals surface area contributed by atoms with E-state index in [0.717, 1.165) is 35.6 Å². The molecule has 1 aliphatic rings. The standard InChI is InChI=1S/C21H28N2O2/c22-19(13-15-7-2-1-3-8-15)20(24)21(25)23-14-17-11-6-10-16-9-4-5-12-18(16)17/h4-6,9-12,15,19-20,24H,1-3,7-8,13-14,22H2,(H,23,25)/t19-,20?/m1/s1. The van der Waals surface area contributed by atoms with Gasteiger partial charge in [0.1, 0.15) is 6.10 Å². The number of rotatable bonds is 6. The number of nitrogens with one attached hydrogen (secondary N) is 1. The number of carbonyl (C=O) groups is 1. The van der Waals surface area contributed by atoms with Gasteiger partial charge in [-0.25, -0.2) is 0 Å². The Hall–Kier alpha value is -1.91. The van der Waals surface area contributed by atoms with Crippen LogP contribution in [0.2, 0.25) is 0 Å². The van der Waals surface area contributed by atoms with Gasteiger partial charge in [0.15, 0.2) is 0 Å². The van der Waals surface area contributed by atoms with Gasteiger partial charge < -0.3 is 16.2 Å². The fourth-order valence-corrected chi connectivity index (χ4v) is 3.86. The Kier molecular flexibility index (Phi) is 6.05. The average molecular weight is 340 g/mol. The van der Waals surface area contributed by atoms with Crippen molar-refractivity contribution in [3.63, 3.8) is 0 Å². The molecule has 1 unspecified atom stereocenters. The Labute approximate surface area is 149 Å². The fraction of sp³-hybridized carbons (Fsp3) is 0.476. The fourth-order valence-electron chi connectivity index (χ4n) is 3.86. The highest BCUT2D eigenvalue weighted by Gasteiger charge is 2.26. The van der Waals surface area contributed by atoms with Crippen LogP contribution in [0.4, 0.5) is 0 Å². The molecule has 4 nitrogen and oxygen atoms in total. The number of fused-ring (bicyclic) bond motifs is 1. The monoisotopic (exact) mass is 340 g/mol. The Balaban J connectivity index is 1.55. The summed E-state index contributed by atoms with van der Waals surface area (Å²) in [5.74, 6) is 0.167. The summed E-state index contributed by atoms with van der Waals surface area (Å²) in [6, 6.07) is 13.6. The first-order valence-corrected chi connectivity index (χ1v) is 9.33. The van der Waals surface area contributed by atoms with E-state index in [-0.39, 0.29) is 5.91 Å². The van der Waals surface area contributed by atoms with E-state index in [1.54, 1.807) is 0 Å². The summed E-state index contributed by atoms with van der Waals surface area (Å²) in [6.45, 7) is 0.396. The second-order valence-electron chi connectivity index (χ2n) is 7.20. The van der Waals surface area contributed by atoms with Crippen molar-refractivity contribution in [2.45, 2.75) is 57.2 Å². The molecule has 134 valence electrons. The Morgan fingerprint density at radius 1 is 1.12 bits per heavy atom. The van der Waals surface area contributed by atoms with Crippen LogP contribution in [0.25, 0.3) is 10.8 Å². The van der Waals surface area contributed by atoms with Gasteiger partial charge >= 0.3 is 0 Å². The summed E-state index contributed by atoms with van der Waals surface area (Å²) in [5, 5.41) is 15.4. The molecular formula is C21H28N2O2. The summed E-state index contributed by atoms with van der Waals surface area (Å²) in [5.41, 5.74) is 7.14. The first-order valence-electron chi connectivity index (χ1n) is 9.33. The number of nitrogens with two attached hydrogens (primary N) is 1. The lowest BCUT2D eigenvalue weighted by molar-refractivity contribution is -0.130. The maximum absolute atomic E-state index is 12.3. The lowest BCUT2D eigenvalue weighted by atomic mass is 9.84. The molecule has 4 heteroatoms. The van der Waals surface area contributed by atoms with Crippen molar-refractivity contribution in [2.75, 3.05) is 0 Å². The zero-order valence-corrected chi connectivity index (χ0v) is 14.7. The number of carbonyl (C=O) groups excluding carboxylic acids is 1. The van der Waals surface area contributed by atoms with Crippen molar-refractivity contribution in [3.8, 4) is 0 Å². The molecule has 1 saturated carbocycles. The molecule has 0 heterocycles. The summed E-state index contributed by atoms with van der Waals surface area (Å²) in [4.78, 5) is 12.3. The molecule has 2 aromatic rings. The van der Waals surface area contributed by atoms with E-state index in [9.17, 15) is 9.90 Å². The predicted molar refractivity (Wildman–Crippen MR) is 101 cm³/mol.